The topological polar surface area (TPSA) is 82.4 Å². The van der Waals surface area contributed by atoms with Crippen molar-refractivity contribution in [1.82, 2.24) is 15.1 Å². The number of hydrogen-bond donors (Lipinski definition) is 0. The summed E-state index contributed by atoms with van der Waals surface area (Å²) in [5.41, 5.74) is 2.99. The summed E-state index contributed by atoms with van der Waals surface area (Å²) in [5.74, 6) is 0. The van der Waals surface area contributed by atoms with E-state index in [1.807, 2.05) is 25.1 Å². The van der Waals surface area contributed by atoms with E-state index in [2.05, 4.69) is 21.2 Å². The Morgan fingerprint density at radius 3 is 2.71 bits per heavy atom. The van der Waals surface area contributed by atoms with Gasteiger partial charge in [-0.25, -0.2) is 4.79 Å². The van der Waals surface area contributed by atoms with Crippen molar-refractivity contribution < 1.29 is 9.53 Å². The quantitative estimate of drug-likeness (QED) is 0.841. The first-order valence-electron chi connectivity index (χ1n) is 7.98. The van der Waals surface area contributed by atoms with Crippen molar-refractivity contribution in [2.45, 2.75) is 13.8 Å². The van der Waals surface area contributed by atoms with Gasteiger partial charge in [-0.1, -0.05) is 11.6 Å². The normalized spacial score (nSPS) is 14.5. The molecule has 0 N–H and O–H groups in total. The number of rotatable bonds is 2. The Morgan fingerprint density at radius 2 is 2.04 bits per heavy atom. The number of aryl methyl sites for hydroxylation is 1. The fourth-order valence-corrected chi connectivity index (χ4v) is 2.93. The molecule has 0 atom stereocenters. The summed E-state index contributed by atoms with van der Waals surface area (Å²) in [6, 6.07) is 8.06. The van der Waals surface area contributed by atoms with Crippen molar-refractivity contribution in [3.63, 3.8) is 0 Å². The number of ether oxygens (including phenoxy) is 1. The zero-order chi connectivity index (χ0) is 17.1. The van der Waals surface area contributed by atoms with E-state index in [1.165, 1.54) is 0 Å². The molecule has 1 amide bonds. The number of anilines is 1. The largest absolute Gasteiger partial charge is 0.450 e. The maximum Gasteiger partial charge on any atom is 0.409 e. The van der Waals surface area contributed by atoms with Crippen LogP contribution in [0.5, 0.6) is 0 Å². The van der Waals surface area contributed by atoms with Crippen LogP contribution in [0.3, 0.4) is 0 Å². The first-order valence-corrected chi connectivity index (χ1v) is 7.98. The lowest BCUT2D eigenvalue weighted by atomic mass is 10.1. The Labute approximate surface area is 140 Å². The third-order valence-electron chi connectivity index (χ3n) is 4.12. The Kier molecular flexibility index (Phi) is 4.47. The van der Waals surface area contributed by atoms with E-state index in [4.69, 9.17) is 4.74 Å². The first-order chi connectivity index (χ1) is 11.6. The Morgan fingerprint density at radius 1 is 1.29 bits per heavy atom. The summed E-state index contributed by atoms with van der Waals surface area (Å²) < 4.78 is 5.05. The van der Waals surface area contributed by atoms with Crippen LogP contribution in [0.1, 0.15) is 18.2 Å². The summed E-state index contributed by atoms with van der Waals surface area (Å²) in [4.78, 5) is 15.6. The summed E-state index contributed by atoms with van der Waals surface area (Å²) >= 11 is 0. The molecule has 1 saturated heterocycles. The molecule has 2 heterocycles. The lowest BCUT2D eigenvalue weighted by molar-refractivity contribution is 0.105. The van der Waals surface area contributed by atoms with Gasteiger partial charge in [-0.05, 0) is 26.0 Å². The minimum absolute atomic E-state index is 0.286. The minimum atomic E-state index is -0.286. The summed E-state index contributed by atoms with van der Waals surface area (Å²) in [5, 5.41) is 18.5. The summed E-state index contributed by atoms with van der Waals surface area (Å²) in [6.45, 7) is 6.54. The summed E-state index contributed by atoms with van der Waals surface area (Å²) in [7, 11) is 0. The van der Waals surface area contributed by atoms with Crippen molar-refractivity contribution in [3.8, 4) is 6.07 Å². The van der Waals surface area contributed by atoms with E-state index in [0.717, 1.165) is 22.2 Å². The molecule has 7 heteroatoms. The van der Waals surface area contributed by atoms with E-state index in [-0.39, 0.29) is 6.09 Å². The van der Waals surface area contributed by atoms with Gasteiger partial charge in [0.05, 0.1) is 17.8 Å². The number of carbonyl (C=O) groups is 1. The summed E-state index contributed by atoms with van der Waals surface area (Å²) in [6.07, 6.45) is -0.286. The molecule has 0 aliphatic carbocycles. The van der Waals surface area contributed by atoms with Gasteiger partial charge in [-0.2, -0.15) is 5.26 Å². The van der Waals surface area contributed by atoms with Gasteiger partial charge in [-0.3, -0.25) is 0 Å². The number of fused-ring (bicyclic) bond motifs is 1. The average molecular weight is 325 g/mol. The van der Waals surface area contributed by atoms with Crippen LogP contribution < -0.4 is 4.90 Å². The van der Waals surface area contributed by atoms with Gasteiger partial charge in [0.1, 0.15) is 6.07 Å². The van der Waals surface area contributed by atoms with Crippen molar-refractivity contribution in [3.05, 3.63) is 29.5 Å². The standard InChI is InChI=1S/C17H19N5O2/c1-3-24-17(23)22-8-6-21(7-9-22)16-13-10-12(2)4-5-14(13)19-20-15(16)11-18/h4-5,10H,3,6-9H2,1-2H3. The third kappa shape index (κ3) is 2.95. The number of carbonyl (C=O) groups excluding carboxylic acids is 1. The van der Waals surface area contributed by atoms with Crippen molar-refractivity contribution in [2.24, 2.45) is 0 Å². The monoisotopic (exact) mass is 325 g/mol. The zero-order valence-corrected chi connectivity index (χ0v) is 13.8. The van der Waals surface area contributed by atoms with Crippen molar-refractivity contribution in [1.29, 1.82) is 5.26 Å². The molecule has 1 aliphatic heterocycles. The molecule has 7 nitrogen and oxygen atoms in total. The van der Waals surface area contributed by atoms with Crippen LogP contribution in [0.2, 0.25) is 0 Å². The van der Waals surface area contributed by atoms with Gasteiger partial charge in [0.2, 0.25) is 0 Å². The Hall–Kier alpha value is -2.88. The number of hydrogen-bond acceptors (Lipinski definition) is 6. The van der Waals surface area contributed by atoms with Gasteiger partial charge in [-0.15, -0.1) is 10.2 Å². The second-order valence-corrected chi connectivity index (χ2v) is 5.70. The number of nitriles is 1. The van der Waals surface area contributed by atoms with Crippen LogP contribution in [0, 0.1) is 18.3 Å². The van der Waals surface area contributed by atoms with Gasteiger partial charge in [0, 0.05) is 31.6 Å². The molecule has 24 heavy (non-hydrogen) atoms. The molecule has 0 spiro atoms. The highest BCUT2D eigenvalue weighted by atomic mass is 16.6. The molecule has 124 valence electrons. The van der Waals surface area contributed by atoms with Gasteiger partial charge >= 0.3 is 6.09 Å². The second-order valence-electron chi connectivity index (χ2n) is 5.70. The Bertz CT molecular complexity index is 806. The van der Waals surface area contributed by atoms with Crippen LogP contribution >= 0.6 is 0 Å². The maximum absolute atomic E-state index is 11.8. The predicted octanol–water partition coefficient (Wildman–Crippen LogP) is 2.09. The van der Waals surface area contributed by atoms with E-state index in [1.54, 1.807) is 11.8 Å². The lowest BCUT2D eigenvalue weighted by Gasteiger charge is -2.35. The number of piperazine rings is 1. The molecule has 1 aromatic heterocycles. The first kappa shape index (κ1) is 16.0. The van der Waals surface area contributed by atoms with Gasteiger partial charge < -0.3 is 14.5 Å². The highest BCUT2D eigenvalue weighted by Crippen LogP contribution is 2.29. The lowest BCUT2D eigenvalue weighted by Crippen LogP contribution is -2.49. The minimum Gasteiger partial charge on any atom is -0.450 e. The number of aromatic nitrogens is 2. The van der Waals surface area contributed by atoms with Gasteiger partial charge in [0.25, 0.3) is 0 Å². The molecular formula is C17H19N5O2. The number of benzene rings is 1. The SMILES string of the molecule is CCOC(=O)N1CCN(c2c(C#N)nnc3ccc(C)cc23)CC1. The highest BCUT2D eigenvalue weighted by molar-refractivity contribution is 5.94. The molecule has 0 saturated carbocycles. The van der Waals surface area contributed by atoms with E-state index >= 15 is 0 Å². The van der Waals surface area contributed by atoms with Crippen LogP contribution in [-0.4, -0.2) is 54.0 Å². The Balaban J connectivity index is 1.91. The smallest absolute Gasteiger partial charge is 0.409 e. The predicted molar refractivity (Wildman–Crippen MR) is 89.8 cm³/mol. The maximum atomic E-state index is 11.8. The molecule has 1 fully saturated rings. The zero-order valence-electron chi connectivity index (χ0n) is 13.8. The van der Waals surface area contributed by atoms with E-state index in [0.29, 0.717) is 38.5 Å². The molecular weight excluding hydrogens is 306 g/mol. The van der Waals surface area contributed by atoms with Crippen LogP contribution in [0.15, 0.2) is 18.2 Å². The molecule has 0 bridgehead atoms. The molecule has 2 aromatic rings. The highest BCUT2D eigenvalue weighted by Gasteiger charge is 2.25. The van der Waals surface area contributed by atoms with Gasteiger partial charge in [0.15, 0.2) is 5.69 Å². The number of nitrogens with zero attached hydrogens (tertiary/aromatic N) is 5. The van der Waals surface area contributed by atoms with E-state index in [9.17, 15) is 10.1 Å². The average Bonchev–Trinajstić information content (AvgIpc) is 2.61. The van der Waals surface area contributed by atoms with Crippen LogP contribution in [0.25, 0.3) is 10.9 Å². The fourth-order valence-electron chi connectivity index (χ4n) is 2.93. The number of amides is 1. The molecule has 0 radical (unpaired) electrons. The molecule has 0 unspecified atom stereocenters. The van der Waals surface area contributed by atoms with Crippen LogP contribution in [0.4, 0.5) is 10.5 Å². The van der Waals surface area contributed by atoms with Crippen molar-refractivity contribution in [2.75, 3.05) is 37.7 Å². The second kappa shape index (κ2) is 6.71. The molecule has 1 aliphatic rings. The fraction of sp³-hybridized carbons (Fsp3) is 0.412. The van der Waals surface area contributed by atoms with Crippen LogP contribution in [-0.2, 0) is 4.74 Å². The van der Waals surface area contributed by atoms with Crippen molar-refractivity contribution >= 4 is 22.7 Å². The third-order valence-corrected chi connectivity index (χ3v) is 4.12. The van der Waals surface area contributed by atoms with E-state index < -0.39 is 0 Å². The molecule has 3 rings (SSSR count). The molecule has 1 aromatic carbocycles.